The maximum Gasteiger partial charge on any atom is 0.344 e. The molecule has 1 aliphatic rings. The maximum absolute atomic E-state index is 11.6. The van der Waals surface area contributed by atoms with Crippen LogP contribution in [0.2, 0.25) is 5.02 Å². The highest BCUT2D eigenvalue weighted by molar-refractivity contribution is 6.30. The molecule has 0 aromatic heterocycles. The van der Waals surface area contributed by atoms with Crippen LogP contribution < -0.4 is 4.74 Å². The van der Waals surface area contributed by atoms with Crippen molar-refractivity contribution < 1.29 is 14.3 Å². The highest BCUT2D eigenvalue weighted by Gasteiger charge is 2.25. The van der Waals surface area contributed by atoms with Gasteiger partial charge in [-0.25, -0.2) is 4.79 Å². The summed E-state index contributed by atoms with van der Waals surface area (Å²) in [4.78, 5) is 16.4. The molecule has 0 saturated carbocycles. The lowest BCUT2D eigenvalue weighted by Gasteiger charge is -2.38. The number of rotatable bonds is 7. The lowest BCUT2D eigenvalue weighted by Crippen LogP contribution is -2.46. The Labute approximate surface area is 171 Å². The number of carbonyl (C=O) groups excluding carboxylic acids is 1. The van der Waals surface area contributed by atoms with Crippen molar-refractivity contribution in [2.24, 2.45) is 0 Å². The second-order valence-electron chi connectivity index (χ2n) is 6.96. The van der Waals surface area contributed by atoms with Gasteiger partial charge in [0.15, 0.2) is 6.61 Å². The zero-order chi connectivity index (χ0) is 19.9. The molecule has 1 saturated heterocycles. The number of hydrogen-bond acceptors (Lipinski definition) is 5. The Morgan fingerprint density at radius 1 is 1.07 bits per heavy atom. The molecule has 2 aromatic rings. The van der Waals surface area contributed by atoms with Gasteiger partial charge in [-0.1, -0.05) is 35.9 Å². The van der Waals surface area contributed by atoms with Gasteiger partial charge in [-0.05, 0) is 49.4 Å². The van der Waals surface area contributed by atoms with Crippen LogP contribution in [0.5, 0.6) is 5.75 Å². The van der Waals surface area contributed by atoms with Gasteiger partial charge in [0.05, 0.1) is 12.6 Å². The molecule has 0 aliphatic carbocycles. The largest absolute Gasteiger partial charge is 0.482 e. The van der Waals surface area contributed by atoms with E-state index in [2.05, 4.69) is 35.0 Å². The summed E-state index contributed by atoms with van der Waals surface area (Å²) < 4.78 is 10.6. The highest BCUT2D eigenvalue weighted by Crippen LogP contribution is 2.32. The lowest BCUT2D eigenvalue weighted by atomic mass is 9.96. The van der Waals surface area contributed by atoms with Crippen LogP contribution >= 0.6 is 11.6 Å². The molecule has 5 nitrogen and oxygen atoms in total. The molecule has 3 rings (SSSR count). The third-order valence-electron chi connectivity index (χ3n) is 4.92. The van der Waals surface area contributed by atoms with Gasteiger partial charge in [-0.2, -0.15) is 0 Å². The van der Waals surface area contributed by atoms with E-state index in [0.29, 0.717) is 12.4 Å². The number of piperazine rings is 1. The quantitative estimate of drug-likeness (QED) is 0.662. The van der Waals surface area contributed by atoms with Gasteiger partial charge in [-0.15, -0.1) is 0 Å². The molecule has 0 bridgehead atoms. The Hall–Kier alpha value is -2.08. The molecule has 0 amide bonds. The number of halogens is 1. The predicted molar refractivity (Wildman–Crippen MR) is 111 cm³/mol. The first-order valence-electron chi connectivity index (χ1n) is 9.63. The summed E-state index contributed by atoms with van der Waals surface area (Å²) in [5.74, 6) is 0.305. The molecule has 1 fully saturated rings. The normalized spacial score (nSPS) is 16.5. The summed E-state index contributed by atoms with van der Waals surface area (Å²) in [6.45, 7) is 6.08. The van der Waals surface area contributed by atoms with Gasteiger partial charge in [0.1, 0.15) is 5.75 Å². The zero-order valence-electron chi connectivity index (χ0n) is 16.4. The van der Waals surface area contributed by atoms with Crippen molar-refractivity contribution in [1.82, 2.24) is 9.80 Å². The first-order chi connectivity index (χ1) is 13.6. The molecule has 1 atom stereocenters. The zero-order valence-corrected chi connectivity index (χ0v) is 17.2. The summed E-state index contributed by atoms with van der Waals surface area (Å²) >= 11 is 6.11. The van der Waals surface area contributed by atoms with Crippen molar-refractivity contribution in [3.8, 4) is 5.75 Å². The predicted octanol–water partition coefficient (Wildman–Crippen LogP) is 3.62. The van der Waals surface area contributed by atoms with Gasteiger partial charge < -0.3 is 14.4 Å². The number of carbonyl (C=O) groups is 1. The van der Waals surface area contributed by atoms with Gasteiger partial charge in [0.2, 0.25) is 0 Å². The molecule has 1 aliphatic heterocycles. The molecule has 6 heteroatoms. The summed E-state index contributed by atoms with van der Waals surface area (Å²) in [5, 5.41) is 0.729. The van der Waals surface area contributed by atoms with Crippen LogP contribution in [0.25, 0.3) is 0 Å². The fraction of sp³-hybridized carbons (Fsp3) is 0.409. The van der Waals surface area contributed by atoms with Crippen LogP contribution in [-0.4, -0.2) is 62.2 Å². The standard InChI is InChI=1S/C22H27ClN2O3/c1-3-27-21(26)16-28-20-6-4-5-18(15-20)22(17-7-9-19(23)10-8-17)25-13-11-24(2)12-14-25/h4-10,15,22H,3,11-14,16H2,1-2H3. The van der Waals surface area contributed by atoms with Gasteiger partial charge in [0, 0.05) is 31.2 Å². The SMILES string of the molecule is CCOC(=O)COc1cccc(C(c2ccc(Cl)cc2)N2CCN(C)CC2)c1. The maximum atomic E-state index is 11.6. The van der Waals surface area contributed by atoms with Crippen LogP contribution in [0.4, 0.5) is 0 Å². The minimum atomic E-state index is -0.360. The number of likely N-dealkylation sites (N-methyl/N-ethyl adjacent to an activating group) is 1. The first kappa shape index (κ1) is 20.6. The number of benzene rings is 2. The minimum Gasteiger partial charge on any atom is -0.482 e. The van der Waals surface area contributed by atoms with Crippen molar-refractivity contribution >= 4 is 17.6 Å². The third-order valence-corrected chi connectivity index (χ3v) is 5.18. The van der Waals surface area contributed by atoms with Crippen molar-refractivity contribution in [2.45, 2.75) is 13.0 Å². The monoisotopic (exact) mass is 402 g/mol. The fourth-order valence-corrected chi connectivity index (χ4v) is 3.58. The Kier molecular flexibility index (Phi) is 7.31. The summed E-state index contributed by atoms with van der Waals surface area (Å²) in [6, 6.07) is 16.1. The number of nitrogens with zero attached hydrogens (tertiary/aromatic N) is 2. The van der Waals surface area contributed by atoms with Crippen LogP contribution in [0.15, 0.2) is 48.5 Å². The van der Waals surface area contributed by atoms with Crippen molar-refractivity contribution in [1.29, 1.82) is 0 Å². The summed E-state index contributed by atoms with van der Waals surface area (Å²) in [5.41, 5.74) is 2.32. The van der Waals surface area contributed by atoms with Crippen LogP contribution in [-0.2, 0) is 9.53 Å². The van der Waals surface area contributed by atoms with Gasteiger partial charge in [-0.3, -0.25) is 4.90 Å². The van der Waals surface area contributed by atoms with E-state index in [1.165, 1.54) is 5.56 Å². The van der Waals surface area contributed by atoms with E-state index in [1.54, 1.807) is 6.92 Å². The van der Waals surface area contributed by atoms with Crippen molar-refractivity contribution in [3.63, 3.8) is 0 Å². The minimum absolute atomic E-state index is 0.0859. The van der Waals surface area contributed by atoms with Crippen molar-refractivity contribution in [2.75, 3.05) is 46.4 Å². The van der Waals surface area contributed by atoms with Crippen LogP contribution in [0, 0.1) is 0 Å². The average Bonchev–Trinajstić information content (AvgIpc) is 2.70. The number of esters is 1. The van der Waals surface area contributed by atoms with Crippen molar-refractivity contribution in [3.05, 3.63) is 64.7 Å². The molecule has 0 spiro atoms. The Bertz CT molecular complexity index is 774. The van der Waals surface area contributed by atoms with E-state index < -0.39 is 0 Å². The lowest BCUT2D eigenvalue weighted by molar-refractivity contribution is -0.145. The van der Waals surface area contributed by atoms with Gasteiger partial charge in [0.25, 0.3) is 0 Å². The second kappa shape index (κ2) is 9.92. The molecule has 1 heterocycles. The molecule has 150 valence electrons. The Balaban J connectivity index is 1.84. The molecular weight excluding hydrogens is 376 g/mol. The van der Waals surface area contributed by atoms with E-state index in [-0.39, 0.29) is 18.6 Å². The molecule has 28 heavy (non-hydrogen) atoms. The smallest absolute Gasteiger partial charge is 0.344 e. The third kappa shape index (κ3) is 5.47. The highest BCUT2D eigenvalue weighted by atomic mass is 35.5. The Morgan fingerprint density at radius 2 is 1.79 bits per heavy atom. The number of ether oxygens (including phenoxy) is 2. The Morgan fingerprint density at radius 3 is 2.46 bits per heavy atom. The van der Waals surface area contributed by atoms with E-state index in [4.69, 9.17) is 21.1 Å². The van der Waals surface area contributed by atoms with Crippen LogP contribution in [0.1, 0.15) is 24.1 Å². The van der Waals surface area contributed by atoms with Gasteiger partial charge >= 0.3 is 5.97 Å². The van der Waals surface area contributed by atoms with E-state index >= 15 is 0 Å². The molecule has 2 aromatic carbocycles. The number of hydrogen-bond donors (Lipinski definition) is 0. The molecule has 0 N–H and O–H groups in total. The molecular formula is C22H27ClN2O3. The van der Waals surface area contributed by atoms with Crippen LogP contribution in [0.3, 0.4) is 0 Å². The average molecular weight is 403 g/mol. The topological polar surface area (TPSA) is 42.0 Å². The van der Waals surface area contributed by atoms with E-state index in [0.717, 1.165) is 36.8 Å². The first-order valence-corrected chi connectivity index (χ1v) is 10.0. The van der Waals surface area contributed by atoms with E-state index in [1.807, 2.05) is 30.3 Å². The molecule has 0 radical (unpaired) electrons. The second-order valence-corrected chi connectivity index (χ2v) is 7.40. The fourth-order valence-electron chi connectivity index (χ4n) is 3.46. The summed E-state index contributed by atoms with van der Waals surface area (Å²) in [7, 11) is 2.15. The van der Waals surface area contributed by atoms with E-state index in [9.17, 15) is 4.79 Å². The summed E-state index contributed by atoms with van der Waals surface area (Å²) in [6.07, 6.45) is 0. The molecule has 1 unspecified atom stereocenters.